The Bertz CT molecular complexity index is 239. The molecule has 0 aromatic rings. The zero-order chi connectivity index (χ0) is 13.3. The summed E-state index contributed by atoms with van der Waals surface area (Å²) in [4.78, 5) is 14.8. The van der Waals surface area contributed by atoms with Crippen molar-refractivity contribution >= 4 is 25.3 Å². The van der Waals surface area contributed by atoms with Crippen LogP contribution >= 0.6 is 12.6 Å². The van der Waals surface area contributed by atoms with Gasteiger partial charge in [-0.3, -0.25) is 15.6 Å². The molecule has 0 aliphatic carbocycles. The monoisotopic (exact) mass is 263 g/mol. The van der Waals surface area contributed by atoms with Crippen LogP contribution in [0.4, 0.5) is 0 Å². The molecule has 0 fully saturated rings. The zero-order valence-electron chi connectivity index (χ0n) is 10.1. The number of nitrogens with two attached hydrogens (primary N) is 1. The molecular weight excluding hydrogens is 242 g/mol. The quantitative estimate of drug-likeness (QED) is 0.130. The Kier molecular flexibility index (Phi) is 9.06. The van der Waals surface area contributed by atoms with Gasteiger partial charge in [0.1, 0.15) is 0 Å². The second-order valence-electron chi connectivity index (χ2n) is 3.71. The van der Waals surface area contributed by atoms with E-state index in [-0.39, 0.29) is 18.6 Å². The molecule has 100 valence electrons. The Balaban J connectivity index is 3.61. The van der Waals surface area contributed by atoms with Gasteiger partial charge in [-0.15, -0.1) is 0 Å². The van der Waals surface area contributed by atoms with E-state index in [2.05, 4.69) is 24.3 Å². The summed E-state index contributed by atoms with van der Waals surface area (Å²) < 4.78 is 4.93. The topological polar surface area (TPSA) is 88.2 Å². The lowest BCUT2D eigenvalue weighted by atomic mass is 10.3. The van der Waals surface area contributed by atoms with Crippen molar-refractivity contribution in [1.82, 2.24) is 5.01 Å². The maximum Gasteiger partial charge on any atom is 0.318 e. The Labute approximate surface area is 107 Å². The third-order valence-electron chi connectivity index (χ3n) is 2.09. The van der Waals surface area contributed by atoms with Crippen LogP contribution in [0.5, 0.6) is 0 Å². The standard InChI is InChI=1S/C10H21N3O3S/c1-8(17)10(15)16-5-3-4-13(11)6-9(7-14)12-2/h8-9,14,17H,2-7,11H2,1H3. The predicted molar refractivity (Wildman–Crippen MR) is 70.2 cm³/mol. The van der Waals surface area contributed by atoms with Crippen LogP contribution in [0, 0.1) is 0 Å². The van der Waals surface area contributed by atoms with Crippen molar-refractivity contribution in [2.75, 3.05) is 26.3 Å². The van der Waals surface area contributed by atoms with Gasteiger partial charge in [0, 0.05) is 13.1 Å². The molecule has 0 aliphatic rings. The number of nitrogens with zero attached hydrogens (tertiary/aromatic N) is 2. The van der Waals surface area contributed by atoms with Crippen molar-refractivity contribution in [1.29, 1.82) is 0 Å². The van der Waals surface area contributed by atoms with Crippen molar-refractivity contribution in [2.24, 2.45) is 10.8 Å². The fourth-order valence-electron chi connectivity index (χ4n) is 1.10. The van der Waals surface area contributed by atoms with Gasteiger partial charge in [0.25, 0.3) is 0 Å². The summed E-state index contributed by atoms with van der Waals surface area (Å²) in [7, 11) is 0. The van der Waals surface area contributed by atoms with Gasteiger partial charge in [0.15, 0.2) is 0 Å². The Morgan fingerprint density at radius 3 is 2.82 bits per heavy atom. The number of aliphatic imine (C=N–C) groups is 1. The van der Waals surface area contributed by atoms with Gasteiger partial charge in [0.2, 0.25) is 0 Å². The number of aliphatic hydroxyl groups excluding tert-OH is 1. The molecule has 2 unspecified atom stereocenters. The highest BCUT2D eigenvalue weighted by Crippen LogP contribution is 1.98. The summed E-state index contributed by atoms with van der Waals surface area (Å²) in [5.74, 6) is 5.35. The molecule has 0 aromatic carbocycles. The van der Waals surface area contributed by atoms with E-state index in [0.717, 1.165) is 0 Å². The molecule has 0 heterocycles. The smallest absolute Gasteiger partial charge is 0.318 e. The molecule has 6 nitrogen and oxygen atoms in total. The molecule has 0 spiro atoms. The molecule has 0 radical (unpaired) electrons. The van der Waals surface area contributed by atoms with Crippen LogP contribution in [0.1, 0.15) is 13.3 Å². The number of hydrazine groups is 1. The fourth-order valence-corrected chi connectivity index (χ4v) is 1.17. The zero-order valence-corrected chi connectivity index (χ0v) is 11.0. The first-order valence-corrected chi connectivity index (χ1v) is 5.94. The van der Waals surface area contributed by atoms with Gasteiger partial charge < -0.3 is 9.84 Å². The molecule has 0 rings (SSSR count). The van der Waals surface area contributed by atoms with Crippen LogP contribution in [0.15, 0.2) is 4.99 Å². The van der Waals surface area contributed by atoms with Gasteiger partial charge in [-0.1, -0.05) is 0 Å². The fraction of sp³-hybridized carbons (Fsp3) is 0.800. The second kappa shape index (κ2) is 9.41. The van der Waals surface area contributed by atoms with Crippen LogP contribution < -0.4 is 5.84 Å². The molecule has 0 aromatic heterocycles. The van der Waals surface area contributed by atoms with Crippen LogP contribution in [-0.2, 0) is 9.53 Å². The Morgan fingerprint density at radius 1 is 1.71 bits per heavy atom. The first-order chi connectivity index (χ1) is 8.01. The predicted octanol–water partition coefficient (Wildman–Crippen LogP) is -0.525. The van der Waals surface area contributed by atoms with Crippen molar-refractivity contribution in [3.8, 4) is 0 Å². The van der Waals surface area contributed by atoms with Crippen molar-refractivity contribution in [3.05, 3.63) is 0 Å². The largest absolute Gasteiger partial charge is 0.465 e. The molecule has 0 saturated heterocycles. The Hall–Kier alpha value is -0.630. The lowest BCUT2D eigenvalue weighted by molar-refractivity contribution is -0.142. The van der Waals surface area contributed by atoms with E-state index in [9.17, 15) is 4.79 Å². The summed E-state index contributed by atoms with van der Waals surface area (Å²) in [6.45, 7) is 6.22. The second-order valence-corrected chi connectivity index (χ2v) is 4.49. The molecule has 0 aliphatic heterocycles. The van der Waals surface area contributed by atoms with Crippen molar-refractivity contribution in [2.45, 2.75) is 24.6 Å². The van der Waals surface area contributed by atoms with Crippen LogP contribution in [0.3, 0.4) is 0 Å². The molecule has 2 atom stereocenters. The summed E-state index contributed by atoms with van der Waals surface area (Å²) in [6, 6.07) is -0.278. The van der Waals surface area contributed by atoms with E-state index in [1.54, 1.807) is 6.92 Å². The van der Waals surface area contributed by atoms with Gasteiger partial charge in [-0.25, -0.2) is 5.01 Å². The third-order valence-corrected chi connectivity index (χ3v) is 2.30. The summed E-state index contributed by atoms with van der Waals surface area (Å²) >= 11 is 3.95. The van der Waals surface area contributed by atoms with Crippen molar-refractivity contribution < 1.29 is 14.6 Å². The number of carbonyl (C=O) groups excluding carboxylic acids is 1. The first-order valence-electron chi connectivity index (χ1n) is 5.42. The Morgan fingerprint density at radius 2 is 2.35 bits per heavy atom. The summed E-state index contributed by atoms with van der Waals surface area (Å²) in [5.41, 5.74) is 0. The minimum Gasteiger partial charge on any atom is -0.465 e. The van der Waals surface area contributed by atoms with E-state index in [1.165, 1.54) is 5.01 Å². The maximum atomic E-state index is 11.1. The molecule has 3 N–H and O–H groups in total. The maximum absolute atomic E-state index is 11.1. The number of hydrogen-bond acceptors (Lipinski definition) is 7. The van der Waals surface area contributed by atoms with E-state index >= 15 is 0 Å². The molecule has 0 amide bonds. The van der Waals surface area contributed by atoms with Crippen LogP contribution in [-0.4, -0.2) is 60.4 Å². The average molecular weight is 263 g/mol. The molecule has 7 heteroatoms. The summed E-state index contributed by atoms with van der Waals surface area (Å²) in [6.07, 6.45) is 0.623. The number of ether oxygens (including phenoxy) is 1. The molecular formula is C10H21N3O3S. The molecule has 17 heavy (non-hydrogen) atoms. The molecule has 0 bridgehead atoms. The average Bonchev–Trinajstić information content (AvgIpc) is 2.31. The van der Waals surface area contributed by atoms with Gasteiger partial charge in [-0.05, 0) is 20.1 Å². The van der Waals surface area contributed by atoms with E-state index in [4.69, 9.17) is 15.7 Å². The van der Waals surface area contributed by atoms with Crippen LogP contribution in [0.2, 0.25) is 0 Å². The SMILES string of the molecule is C=NC(CO)CN(N)CCCOC(=O)C(C)S. The van der Waals surface area contributed by atoms with E-state index < -0.39 is 5.25 Å². The minimum absolute atomic E-state index is 0.0800. The van der Waals surface area contributed by atoms with E-state index in [1.807, 2.05) is 0 Å². The lowest BCUT2D eigenvalue weighted by Crippen LogP contribution is -2.39. The number of thiol groups is 1. The third kappa shape index (κ3) is 8.14. The van der Waals surface area contributed by atoms with Crippen molar-refractivity contribution in [3.63, 3.8) is 0 Å². The number of rotatable bonds is 9. The number of aliphatic hydroxyl groups is 1. The lowest BCUT2D eigenvalue weighted by Gasteiger charge is -2.19. The van der Waals surface area contributed by atoms with Gasteiger partial charge >= 0.3 is 5.97 Å². The van der Waals surface area contributed by atoms with Gasteiger partial charge in [-0.2, -0.15) is 12.6 Å². The number of hydrogen-bond donors (Lipinski definition) is 3. The highest BCUT2D eigenvalue weighted by Gasteiger charge is 2.10. The number of carbonyl (C=O) groups is 1. The normalized spacial score (nSPS) is 14.4. The minimum atomic E-state index is -0.410. The summed E-state index contributed by atoms with van der Waals surface area (Å²) in [5, 5.41) is 10.00. The number of esters is 1. The van der Waals surface area contributed by atoms with Crippen LogP contribution in [0.25, 0.3) is 0 Å². The van der Waals surface area contributed by atoms with Gasteiger partial charge in [0.05, 0.1) is 24.5 Å². The first kappa shape index (κ1) is 16.4. The van der Waals surface area contributed by atoms with E-state index in [0.29, 0.717) is 26.1 Å². The molecule has 0 saturated carbocycles. The highest BCUT2D eigenvalue weighted by molar-refractivity contribution is 7.81. The highest BCUT2D eigenvalue weighted by atomic mass is 32.1.